The van der Waals surface area contributed by atoms with Gasteiger partial charge in [-0.2, -0.15) is 0 Å². The second kappa shape index (κ2) is 7.34. The molecule has 4 rings (SSSR count). The molecule has 0 spiro atoms. The van der Waals surface area contributed by atoms with Gasteiger partial charge in [-0.3, -0.25) is 0 Å². The van der Waals surface area contributed by atoms with Gasteiger partial charge in [-0.15, -0.1) is 0 Å². The Kier molecular flexibility index (Phi) is 4.76. The van der Waals surface area contributed by atoms with Crippen LogP contribution in [-0.4, -0.2) is 25.2 Å². The number of hydrogen-bond donors (Lipinski definition) is 1. The number of ether oxygens (including phenoxy) is 1. The van der Waals surface area contributed by atoms with Gasteiger partial charge >= 0.3 is 0 Å². The van der Waals surface area contributed by atoms with Crippen molar-refractivity contribution >= 4 is 0 Å². The summed E-state index contributed by atoms with van der Waals surface area (Å²) >= 11 is 0. The van der Waals surface area contributed by atoms with Crippen LogP contribution in [0.5, 0.6) is 5.75 Å². The molecule has 3 aromatic rings. The summed E-state index contributed by atoms with van der Waals surface area (Å²) in [6.07, 6.45) is 2.13. The van der Waals surface area contributed by atoms with Crippen molar-refractivity contribution in [1.29, 1.82) is 0 Å². The van der Waals surface area contributed by atoms with E-state index in [2.05, 4.69) is 36.5 Å². The average molecular weight is 348 g/mol. The maximum atomic E-state index is 6.32. The molecule has 4 nitrogen and oxygen atoms in total. The summed E-state index contributed by atoms with van der Waals surface area (Å²) in [7, 11) is 1.68. The maximum absolute atomic E-state index is 6.32. The highest BCUT2D eigenvalue weighted by atomic mass is 16.5. The highest BCUT2D eigenvalue weighted by Gasteiger charge is 2.24. The number of oxazole rings is 1. The molecule has 26 heavy (non-hydrogen) atoms. The van der Waals surface area contributed by atoms with E-state index in [1.165, 1.54) is 5.56 Å². The molecular weight excluding hydrogens is 324 g/mol. The van der Waals surface area contributed by atoms with E-state index in [4.69, 9.17) is 14.1 Å². The zero-order valence-electron chi connectivity index (χ0n) is 15.3. The van der Waals surface area contributed by atoms with Gasteiger partial charge in [0.15, 0.2) is 11.7 Å². The molecule has 0 amide bonds. The minimum Gasteiger partial charge on any atom is -0.497 e. The van der Waals surface area contributed by atoms with Crippen LogP contribution < -0.4 is 10.1 Å². The third-order valence-electron chi connectivity index (χ3n) is 5.01. The lowest BCUT2D eigenvalue weighted by Crippen LogP contribution is -2.26. The fourth-order valence-corrected chi connectivity index (χ4v) is 3.43. The predicted octanol–water partition coefficient (Wildman–Crippen LogP) is 4.79. The van der Waals surface area contributed by atoms with Gasteiger partial charge in [0.1, 0.15) is 11.4 Å². The normalized spacial score (nSPS) is 15.2. The Balaban J connectivity index is 1.78. The average Bonchev–Trinajstić information content (AvgIpc) is 3.15. The lowest BCUT2D eigenvalue weighted by molar-refractivity contribution is 0.378. The molecule has 1 aromatic heterocycles. The van der Waals surface area contributed by atoms with E-state index in [9.17, 15) is 0 Å². The lowest BCUT2D eigenvalue weighted by atomic mass is 9.98. The van der Waals surface area contributed by atoms with Crippen molar-refractivity contribution in [3.8, 4) is 28.3 Å². The van der Waals surface area contributed by atoms with Crippen LogP contribution in [0.25, 0.3) is 22.6 Å². The number of piperidine rings is 1. The zero-order valence-corrected chi connectivity index (χ0v) is 15.3. The molecule has 1 N–H and O–H groups in total. The van der Waals surface area contributed by atoms with Crippen LogP contribution in [0.3, 0.4) is 0 Å². The first-order valence-corrected chi connectivity index (χ1v) is 9.17. The topological polar surface area (TPSA) is 47.3 Å². The Bertz CT molecular complexity index is 860. The van der Waals surface area contributed by atoms with Crippen molar-refractivity contribution < 1.29 is 9.15 Å². The molecule has 1 saturated heterocycles. The van der Waals surface area contributed by atoms with E-state index in [1.54, 1.807) is 7.11 Å². The Labute approximate surface area is 154 Å². The number of rotatable bonds is 4. The van der Waals surface area contributed by atoms with Crippen LogP contribution in [0.2, 0.25) is 0 Å². The van der Waals surface area contributed by atoms with Crippen molar-refractivity contribution in [2.45, 2.75) is 25.7 Å². The second-order valence-electron chi connectivity index (χ2n) is 6.85. The van der Waals surface area contributed by atoms with Crippen LogP contribution >= 0.6 is 0 Å². The number of nitrogens with zero attached hydrogens (tertiary/aromatic N) is 1. The maximum Gasteiger partial charge on any atom is 0.198 e. The lowest BCUT2D eigenvalue weighted by Gasteiger charge is -2.19. The third-order valence-corrected chi connectivity index (χ3v) is 5.01. The van der Waals surface area contributed by atoms with E-state index in [0.717, 1.165) is 60.2 Å². The SMILES string of the molecule is COc1ccc(-c2nc(C3CCNCC3)oc2-c2ccc(C)cc2)cc1. The molecule has 134 valence electrons. The summed E-state index contributed by atoms with van der Waals surface area (Å²) in [5.74, 6) is 2.93. The number of hydrogen-bond acceptors (Lipinski definition) is 4. The van der Waals surface area contributed by atoms with E-state index >= 15 is 0 Å². The highest BCUT2D eigenvalue weighted by Crippen LogP contribution is 2.37. The first-order valence-electron chi connectivity index (χ1n) is 9.17. The first kappa shape index (κ1) is 16.9. The molecule has 0 unspecified atom stereocenters. The molecule has 0 aliphatic carbocycles. The molecule has 1 aliphatic rings. The van der Waals surface area contributed by atoms with Crippen molar-refractivity contribution in [2.24, 2.45) is 0 Å². The second-order valence-corrected chi connectivity index (χ2v) is 6.85. The smallest absolute Gasteiger partial charge is 0.198 e. The number of aryl methyl sites for hydroxylation is 1. The molecule has 1 aliphatic heterocycles. The van der Waals surface area contributed by atoms with Crippen LogP contribution in [-0.2, 0) is 0 Å². The van der Waals surface area contributed by atoms with E-state index in [-0.39, 0.29) is 0 Å². The molecule has 4 heteroatoms. The van der Waals surface area contributed by atoms with Gasteiger partial charge < -0.3 is 14.5 Å². The molecule has 2 aromatic carbocycles. The van der Waals surface area contributed by atoms with Gasteiger partial charge in [-0.05, 0) is 57.1 Å². The fraction of sp³-hybridized carbons (Fsp3) is 0.318. The molecule has 0 bridgehead atoms. The number of benzene rings is 2. The van der Waals surface area contributed by atoms with Crippen LogP contribution in [0.4, 0.5) is 0 Å². The van der Waals surface area contributed by atoms with Crippen LogP contribution in [0, 0.1) is 6.92 Å². The quantitative estimate of drug-likeness (QED) is 0.736. The summed E-state index contributed by atoms with van der Waals surface area (Å²) in [4.78, 5) is 4.92. The van der Waals surface area contributed by atoms with E-state index < -0.39 is 0 Å². The van der Waals surface area contributed by atoms with Gasteiger partial charge in [0.2, 0.25) is 0 Å². The standard InChI is InChI=1S/C22H24N2O2/c1-15-3-5-17(6-4-15)21-20(16-7-9-19(25-2)10-8-16)24-22(26-21)18-11-13-23-14-12-18/h3-10,18,23H,11-14H2,1-2H3. The van der Waals surface area contributed by atoms with Gasteiger partial charge in [0, 0.05) is 17.0 Å². The number of aromatic nitrogens is 1. The summed E-state index contributed by atoms with van der Waals surface area (Å²) in [6.45, 7) is 4.13. The minimum atomic E-state index is 0.382. The van der Waals surface area contributed by atoms with Gasteiger partial charge in [0.05, 0.1) is 7.11 Å². The Morgan fingerprint density at radius 3 is 2.27 bits per heavy atom. The molecule has 0 radical (unpaired) electrons. The molecule has 1 fully saturated rings. The third kappa shape index (κ3) is 3.37. The molecule has 2 heterocycles. The van der Waals surface area contributed by atoms with Crippen molar-refractivity contribution in [2.75, 3.05) is 20.2 Å². The van der Waals surface area contributed by atoms with Crippen LogP contribution in [0.1, 0.15) is 30.2 Å². The van der Waals surface area contributed by atoms with Crippen molar-refractivity contribution in [3.63, 3.8) is 0 Å². The monoisotopic (exact) mass is 348 g/mol. The van der Waals surface area contributed by atoms with Gasteiger partial charge in [-0.1, -0.05) is 29.8 Å². The Morgan fingerprint density at radius 2 is 1.62 bits per heavy atom. The van der Waals surface area contributed by atoms with Crippen LogP contribution in [0.15, 0.2) is 52.9 Å². The summed E-state index contributed by atoms with van der Waals surface area (Å²) in [5, 5.41) is 3.40. The Hall–Kier alpha value is -2.59. The Morgan fingerprint density at radius 1 is 0.962 bits per heavy atom. The van der Waals surface area contributed by atoms with E-state index in [1.807, 2.05) is 24.3 Å². The number of methoxy groups -OCH3 is 1. The molecule has 0 saturated carbocycles. The zero-order chi connectivity index (χ0) is 17.9. The van der Waals surface area contributed by atoms with Gasteiger partial charge in [0.25, 0.3) is 0 Å². The minimum absolute atomic E-state index is 0.382. The number of nitrogens with one attached hydrogen (secondary N) is 1. The van der Waals surface area contributed by atoms with E-state index in [0.29, 0.717) is 5.92 Å². The fourth-order valence-electron chi connectivity index (χ4n) is 3.43. The van der Waals surface area contributed by atoms with Crippen molar-refractivity contribution in [3.05, 3.63) is 60.0 Å². The predicted molar refractivity (Wildman–Crippen MR) is 104 cm³/mol. The highest BCUT2D eigenvalue weighted by molar-refractivity contribution is 5.77. The van der Waals surface area contributed by atoms with Crippen molar-refractivity contribution in [1.82, 2.24) is 10.3 Å². The summed E-state index contributed by atoms with van der Waals surface area (Å²) in [5.41, 5.74) is 4.25. The largest absolute Gasteiger partial charge is 0.497 e. The molecule has 0 atom stereocenters. The van der Waals surface area contributed by atoms with Gasteiger partial charge in [-0.25, -0.2) is 4.98 Å². The summed E-state index contributed by atoms with van der Waals surface area (Å²) in [6, 6.07) is 16.4. The molecular formula is C22H24N2O2. The first-order chi connectivity index (χ1) is 12.7. The summed E-state index contributed by atoms with van der Waals surface area (Å²) < 4.78 is 11.6.